The highest BCUT2D eigenvalue weighted by molar-refractivity contribution is 5.75. The van der Waals surface area contributed by atoms with Crippen LogP contribution in [0.4, 0.5) is 9.18 Å². The largest absolute Gasteiger partial charge is 0.493 e. The fourth-order valence-electron chi connectivity index (χ4n) is 2.84. The van der Waals surface area contributed by atoms with Crippen molar-refractivity contribution in [2.75, 3.05) is 13.2 Å². The normalized spacial score (nSPS) is 16.1. The number of amides is 2. The van der Waals surface area contributed by atoms with E-state index in [1.165, 1.54) is 17.0 Å². The molecule has 2 heterocycles. The van der Waals surface area contributed by atoms with Crippen LogP contribution in [0.25, 0.3) is 0 Å². The zero-order valence-electron chi connectivity index (χ0n) is 13.7. The fraction of sp³-hybridized carbons (Fsp3) is 0.316. The van der Waals surface area contributed by atoms with Gasteiger partial charge in [0.15, 0.2) is 0 Å². The Morgan fingerprint density at radius 3 is 3.08 bits per heavy atom. The van der Waals surface area contributed by atoms with Gasteiger partial charge in [-0.15, -0.1) is 6.42 Å². The number of nitrogens with one attached hydrogen (secondary N) is 1. The first-order valence-corrected chi connectivity index (χ1v) is 8.11. The van der Waals surface area contributed by atoms with Crippen LogP contribution < -0.4 is 10.1 Å². The number of hydrogen-bond acceptors (Lipinski definition) is 3. The lowest BCUT2D eigenvalue weighted by atomic mass is 10.0. The van der Waals surface area contributed by atoms with E-state index in [2.05, 4.69) is 11.2 Å². The lowest BCUT2D eigenvalue weighted by molar-refractivity contribution is 0.192. The second-order valence-electron chi connectivity index (χ2n) is 5.81. The number of terminal acetylenes is 1. The molecule has 6 heteroatoms. The molecule has 0 fully saturated rings. The first-order valence-electron chi connectivity index (χ1n) is 8.11. The van der Waals surface area contributed by atoms with Crippen molar-refractivity contribution in [2.24, 2.45) is 0 Å². The second kappa shape index (κ2) is 7.75. The molecule has 5 nitrogen and oxygen atoms in total. The summed E-state index contributed by atoms with van der Waals surface area (Å²) in [5.74, 6) is 3.35. The van der Waals surface area contributed by atoms with E-state index in [0.29, 0.717) is 30.1 Å². The fourth-order valence-corrected chi connectivity index (χ4v) is 2.84. The quantitative estimate of drug-likeness (QED) is 0.866. The van der Waals surface area contributed by atoms with Crippen molar-refractivity contribution in [1.29, 1.82) is 0 Å². The summed E-state index contributed by atoms with van der Waals surface area (Å²) in [6.45, 7) is 0.944. The van der Waals surface area contributed by atoms with Crippen molar-refractivity contribution < 1.29 is 18.3 Å². The van der Waals surface area contributed by atoms with Crippen molar-refractivity contribution in [1.82, 2.24) is 10.2 Å². The van der Waals surface area contributed by atoms with E-state index >= 15 is 0 Å². The molecule has 0 saturated heterocycles. The zero-order valence-corrected chi connectivity index (χ0v) is 13.7. The molecule has 25 heavy (non-hydrogen) atoms. The van der Waals surface area contributed by atoms with Crippen LogP contribution in [0, 0.1) is 18.2 Å². The molecule has 3 rings (SSSR count). The predicted molar refractivity (Wildman–Crippen MR) is 90.4 cm³/mol. The van der Waals surface area contributed by atoms with Crippen LogP contribution in [-0.4, -0.2) is 24.1 Å². The van der Waals surface area contributed by atoms with Crippen LogP contribution in [0.15, 0.2) is 41.0 Å². The average Bonchev–Trinajstić information content (AvgIpc) is 3.03. The van der Waals surface area contributed by atoms with E-state index in [-0.39, 0.29) is 31.0 Å². The summed E-state index contributed by atoms with van der Waals surface area (Å²) in [5, 5.41) is 2.94. The molecule has 0 aliphatic carbocycles. The molecule has 1 aromatic carbocycles. The lowest BCUT2D eigenvalue weighted by Crippen LogP contribution is -2.41. The minimum absolute atomic E-state index is 0.145. The summed E-state index contributed by atoms with van der Waals surface area (Å²) in [5.41, 5.74) is 0.643. The maximum atomic E-state index is 13.7. The van der Waals surface area contributed by atoms with Gasteiger partial charge in [-0.05, 0) is 43.2 Å². The summed E-state index contributed by atoms with van der Waals surface area (Å²) in [7, 11) is 0. The third kappa shape index (κ3) is 4.13. The van der Waals surface area contributed by atoms with E-state index in [4.69, 9.17) is 15.6 Å². The number of fused-ring (bicyclic) bond motifs is 1. The molecule has 0 saturated carbocycles. The van der Waals surface area contributed by atoms with E-state index in [0.717, 1.165) is 6.42 Å². The first-order chi connectivity index (χ1) is 12.2. The number of halogens is 1. The molecular weight excluding hydrogens is 323 g/mol. The molecule has 2 amide bonds. The van der Waals surface area contributed by atoms with Crippen LogP contribution in [-0.2, 0) is 6.54 Å². The molecule has 130 valence electrons. The number of rotatable bonds is 4. The number of benzene rings is 1. The van der Waals surface area contributed by atoms with Gasteiger partial charge in [-0.25, -0.2) is 9.18 Å². The topological polar surface area (TPSA) is 54.7 Å². The molecule has 1 aliphatic rings. The molecular formula is C19H19FN2O3. The minimum Gasteiger partial charge on any atom is -0.493 e. The van der Waals surface area contributed by atoms with Crippen molar-refractivity contribution in [3.8, 4) is 18.1 Å². The van der Waals surface area contributed by atoms with Gasteiger partial charge in [0, 0.05) is 5.56 Å². The lowest BCUT2D eigenvalue weighted by Gasteiger charge is -2.24. The molecule has 0 unspecified atom stereocenters. The Bertz CT molecular complexity index is 767. The van der Waals surface area contributed by atoms with E-state index < -0.39 is 0 Å². The summed E-state index contributed by atoms with van der Waals surface area (Å²) in [6.07, 6.45) is 8.34. The van der Waals surface area contributed by atoms with E-state index in [1.807, 2.05) is 0 Å². The highest BCUT2D eigenvalue weighted by Gasteiger charge is 2.24. The smallest absolute Gasteiger partial charge is 0.319 e. The van der Waals surface area contributed by atoms with Gasteiger partial charge in [-0.3, -0.25) is 0 Å². The van der Waals surface area contributed by atoms with E-state index in [9.17, 15) is 9.18 Å². The molecule has 1 aromatic heterocycles. The third-order valence-electron chi connectivity index (χ3n) is 4.04. The van der Waals surface area contributed by atoms with Crippen LogP contribution >= 0.6 is 0 Å². The van der Waals surface area contributed by atoms with Gasteiger partial charge in [-0.1, -0.05) is 5.92 Å². The van der Waals surface area contributed by atoms with Crippen LogP contribution in [0.2, 0.25) is 0 Å². The van der Waals surface area contributed by atoms with Gasteiger partial charge in [0.25, 0.3) is 0 Å². The molecule has 2 aromatic rings. The monoisotopic (exact) mass is 342 g/mol. The number of ether oxygens (including phenoxy) is 1. The Morgan fingerprint density at radius 2 is 2.32 bits per heavy atom. The van der Waals surface area contributed by atoms with Crippen molar-refractivity contribution >= 4 is 6.03 Å². The standard InChI is InChI=1S/C19H19FN2O3/c1-2-9-22(13-15-5-3-10-24-15)19(23)21-17-6-4-11-25-18-8-7-14(20)12-16(17)18/h1,3,5,7-8,10,12,17H,4,6,9,11,13H2,(H,21,23)/t17-/m0/s1. The van der Waals surface area contributed by atoms with Gasteiger partial charge < -0.3 is 19.4 Å². The molecule has 1 atom stereocenters. The summed E-state index contributed by atoms with van der Waals surface area (Å²) < 4.78 is 24.6. The molecule has 0 bridgehead atoms. The summed E-state index contributed by atoms with van der Waals surface area (Å²) in [4.78, 5) is 14.2. The Morgan fingerprint density at radius 1 is 1.44 bits per heavy atom. The second-order valence-corrected chi connectivity index (χ2v) is 5.81. The summed E-state index contributed by atoms with van der Waals surface area (Å²) >= 11 is 0. The average molecular weight is 342 g/mol. The van der Waals surface area contributed by atoms with Crippen molar-refractivity contribution in [3.05, 3.63) is 53.7 Å². The Labute approximate surface area is 145 Å². The third-order valence-corrected chi connectivity index (χ3v) is 4.04. The number of hydrogen-bond donors (Lipinski definition) is 1. The van der Waals surface area contributed by atoms with Gasteiger partial charge >= 0.3 is 6.03 Å². The van der Waals surface area contributed by atoms with Gasteiger partial charge in [0.1, 0.15) is 17.3 Å². The Hall–Kier alpha value is -2.94. The number of urea groups is 1. The minimum atomic E-state index is -0.362. The maximum Gasteiger partial charge on any atom is 0.319 e. The Balaban J connectivity index is 1.76. The number of carbonyl (C=O) groups is 1. The Kier molecular flexibility index (Phi) is 5.24. The van der Waals surface area contributed by atoms with Crippen LogP contribution in [0.3, 0.4) is 0 Å². The zero-order chi connectivity index (χ0) is 17.6. The van der Waals surface area contributed by atoms with Crippen LogP contribution in [0.5, 0.6) is 5.75 Å². The van der Waals surface area contributed by atoms with Crippen molar-refractivity contribution in [3.63, 3.8) is 0 Å². The first kappa shape index (κ1) is 16.9. The molecule has 0 radical (unpaired) electrons. The number of nitrogens with zero attached hydrogens (tertiary/aromatic N) is 1. The highest BCUT2D eigenvalue weighted by atomic mass is 19.1. The van der Waals surface area contributed by atoms with Crippen molar-refractivity contribution in [2.45, 2.75) is 25.4 Å². The van der Waals surface area contributed by atoms with Crippen LogP contribution in [0.1, 0.15) is 30.2 Å². The van der Waals surface area contributed by atoms with Gasteiger partial charge in [0.2, 0.25) is 0 Å². The van der Waals surface area contributed by atoms with Gasteiger partial charge in [0.05, 0.1) is 32.0 Å². The number of carbonyl (C=O) groups excluding carboxylic acids is 1. The molecule has 0 spiro atoms. The SMILES string of the molecule is C#CCN(Cc1ccco1)C(=O)N[C@H]1CCCOc2ccc(F)cc21. The summed E-state index contributed by atoms with van der Waals surface area (Å²) in [6, 6.07) is 7.23. The highest BCUT2D eigenvalue weighted by Crippen LogP contribution is 2.32. The number of furan rings is 1. The maximum absolute atomic E-state index is 13.7. The predicted octanol–water partition coefficient (Wildman–Crippen LogP) is 3.48. The van der Waals surface area contributed by atoms with Gasteiger partial charge in [-0.2, -0.15) is 0 Å². The molecule has 1 N–H and O–H groups in total. The van der Waals surface area contributed by atoms with E-state index in [1.54, 1.807) is 24.5 Å². The molecule has 1 aliphatic heterocycles.